The fourth-order valence-electron chi connectivity index (χ4n) is 2.48. The number of aromatic carboxylic acids is 1. The number of aryl methyl sites for hydroxylation is 1. The maximum atomic E-state index is 12.5. The largest absolute Gasteiger partial charge is 0.494 e. The molecule has 0 aliphatic rings. The quantitative estimate of drug-likeness (QED) is 0.475. The van der Waals surface area contributed by atoms with E-state index in [0.717, 1.165) is 25.3 Å². The molecular formula is C20H24O6S. The van der Waals surface area contributed by atoms with Crippen LogP contribution in [-0.4, -0.2) is 26.1 Å². The van der Waals surface area contributed by atoms with Gasteiger partial charge >= 0.3 is 16.1 Å². The van der Waals surface area contributed by atoms with Crippen LogP contribution in [0, 0.1) is 6.92 Å². The number of unbranched alkanes of at least 4 members (excludes halogenated alkanes) is 3. The highest BCUT2D eigenvalue weighted by Gasteiger charge is 2.21. The molecule has 2 rings (SSSR count). The Bertz CT molecular complexity index is 872. The van der Waals surface area contributed by atoms with Gasteiger partial charge in [0.15, 0.2) is 0 Å². The van der Waals surface area contributed by atoms with Gasteiger partial charge in [0.2, 0.25) is 0 Å². The first-order chi connectivity index (χ1) is 12.8. The van der Waals surface area contributed by atoms with E-state index < -0.39 is 16.1 Å². The van der Waals surface area contributed by atoms with Crippen LogP contribution < -0.4 is 8.92 Å². The van der Waals surface area contributed by atoms with Crippen molar-refractivity contribution >= 4 is 16.1 Å². The summed E-state index contributed by atoms with van der Waals surface area (Å²) in [6.45, 7) is 4.34. The van der Waals surface area contributed by atoms with Gasteiger partial charge in [-0.2, -0.15) is 8.42 Å². The molecule has 0 fully saturated rings. The lowest BCUT2D eigenvalue weighted by Crippen LogP contribution is -2.12. The van der Waals surface area contributed by atoms with Crippen molar-refractivity contribution in [1.29, 1.82) is 0 Å². The first kappa shape index (κ1) is 20.8. The van der Waals surface area contributed by atoms with Gasteiger partial charge in [-0.05, 0) is 55.3 Å². The molecule has 0 saturated carbocycles. The predicted octanol–water partition coefficient (Wildman–Crippen LogP) is 4.42. The Morgan fingerprint density at radius 1 is 1.00 bits per heavy atom. The number of rotatable bonds is 10. The van der Waals surface area contributed by atoms with E-state index in [0.29, 0.717) is 17.9 Å². The Morgan fingerprint density at radius 2 is 1.67 bits per heavy atom. The van der Waals surface area contributed by atoms with E-state index in [4.69, 9.17) is 14.0 Å². The minimum atomic E-state index is -4.14. The van der Waals surface area contributed by atoms with Crippen LogP contribution >= 0.6 is 0 Å². The van der Waals surface area contributed by atoms with Crippen LogP contribution in [0.3, 0.4) is 0 Å². The van der Waals surface area contributed by atoms with Crippen molar-refractivity contribution in [3.63, 3.8) is 0 Å². The van der Waals surface area contributed by atoms with Crippen molar-refractivity contribution in [3.05, 3.63) is 53.6 Å². The van der Waals surface area contributed by atoms with E-state index in [-0.39, 0.29) is 16.2 Å². The molecule has 0 atom stereocenters. The monoisotopic (exact) mass is 392 g/mol. The minimum absolute atomic E-state index is 0.116. The molecule has 0 heterocycles. The molecule has 2 aromatic carbocycles. The lowest BCUT2D eigenvalue weighted by atomic mass is 10.1. The second-order valence-corrected chi connectivity index (χ2v) is 7.72. The van der Waals surface area contributed by atoms with Crippen molar-refractivity contribution in [1.82, 2.24) is 0 Å². The molecule has 0 unspecified atom stereocenters. The topological polar surface area (TPSA) is 89.9 Å². The van der Waals surface area contributed by atoms with Crippen molar-refractivity contribution in [2.75, 3.05) is 6.61 Å². The first-order valence-corrected chi connectivity index (χ1v) is 10.3. The Morgan fingerprint density at radius 3 is 2.30 bits per heavy atom. The number of ether oxygens (including phenoxy) is 1. The lowest BCUT2D eigenvalue weighted by Gasteiger charge is -2.11. The SMILES string of the molecule is CCCCCCOc1ccc(OS(=O)(=O)c2cc(C(=O)O)ccc2C)cc1. The summed E-state index contributed by atoms with van der Waals surface area (Å²) >= 11 is 0. The molecule has 6 nitrogen and oxygen atoms in total. The fraction of sp³-hybridized carbons (Fsp3) is 0.350. The Kier molecular flexibility index (Phi) is 7.24. The number of carboxylic acid groups (broad SMARTS) is 1. The van der Waals surface area contributed by atoms with Gasteiger partial charge in [-0.1, -0.05) is 32.3 Å². The highest BCUT2D eigenvalue weighted by molar-refractivity contribution is 7.87. The van der Waals surface area contributed by atoms with Crippen molar-refractivity contribution in [2.24, 2.45) is 0 Å². The van der Waals surface area contributed by atoms with Gasteiger partial charge in [-0.15, -0.1) is 0 Å². The van der Waals surface area contributed by atoms with Gasteiger partial charge in [0, 0.05) is 0 Å². The average Bonchev–Trinajstić information content (AvgIpc) is 2.62. The maximum absolute atomic E-state index is 12.5. The molecule has 0 aliphatic carbocycles. The predicted molar refractivity (Wildman–Crippen MR) is 102 cm³/mol. The number of hydrogen-bond acceptors (Lipinski definition) is 5. The standard InChI is InChI=1S/C20H24O6S/c1-3-4-5-6-13-25-17-9-11-18(12-10-17)26-27(23,24)19-14-16(20(21)22)8-7-15(19)2/h7-12,14H,3-6,13H2,1-2H3,(H,21,22). The summed E-state index contributed by atoms with van der Waals surface area (Å²) in [7, 11) is -4.14. The van der Waals surface area contributed by atoms with Crippen molar-refractivity contribution in [2.45, 2.75) is 44.4 Å². The van der Waals surface area contributed by atoms with E-state index >= 15 is 0 Å². The summed E-state index contributed by atoms with van der Waals surface area (Å²) in [5, 5.41) is 9.06. The van der Waals surface area contributed by atoms with E-state index in [1.807, 2.05) is 0 Å². The summed E-state index contributed by atoms with van der Waals surface area (Å²) in [6.07, 6.45) is 4.43. The van der Waals surface area contributed by atoms with Crippen LogP contribution in [-0.2, 0) is 10.1 Å². The third kappa shape index (κ3) is 5.99. The molecule has 0 saturated heterocycles. The van der Waals surface area contributed by atoms with Gasteiger partial charge < -0.3 is 14.0 Å². The van der Waals surface area contributed by atoms with Gasteiger partial charge in [-0.3, -0.25) is 0 Å². The van der Waals surface area contributed by atoms with Crippen LogP contribution in [0.15, 0.2) is 47.4 Å². The zero-order valence-electron chi connectivity index (χ0n) is 15.5. The molecule has 0 radical (unpaired) electrons. The van der Waals surface area contributed by atoms with Gasteiger partial charge in [-0.25, -0.2) is 4.79 Å². The first-order valence-electron chi connectivity index (χ1n) is 8.85. The Labute approximate surface area is 159 Å². The lowest BCUT2D eigenvalue weighted by molar-refractivity contribution is 0.0696. The van der Waals surface area contributed by atoms with Crippen LogP contribution in [0.4, 0.5) is 0 Å². The maximum Gasteiger partial charge on any atom is 0.339 e. The molecule has 0 aromatic heterocycles. The Hall–Kier alpha value is -2.54. The minimum Gasteiger partial charge on any atom is -0.494 e. The highest BCUT2D eigenvalue weighted by Crippen LogP contribution is 2.24. The van der Waals surface area contributed by atoms with Crippen LogP contribution in [0.25, 0.3) is 0 Å². The third-order valence-corrected chi connectivity index (χ3v) is 5.39. The summed E-state index contributed by atoms with van der Waals surface area (Å²) in [5.74, 6) is -0.430. The average molecular weight is 392 g/mol. The van der Waals surface area contributed by atoms with Crippen LogP contribution in [0.1, 0.15) is 48.5 Å². The molecule has 1 N–H and O–H groups in total. The van der Waals surface area contributed by atoms with Crippen LogP contribution in [0.5, 0.6) is 11.5 Å². The summed E-state index contributed by atoms with van der Waals surface area (Å²) < 4.78 is 35.8. The van der Waals surface area contributed by atoms with Gasteiger partial charge in [0.1, 0.15) is 16.4 Å². The molecule has 0 bridgehead atoms. The molecule has 7 heteroatoms. The van der Waals surface area contributed by atoms with Gasteiger partial charge in [0.05, 0.1) is 12.2 Å². The summed E-state index contributed by atoms with van der Waals surface area (Å²) in [5.41, 5.74) is 0.293. The normalized spacial score (nSPS) is 11.2. The molecule has 27 heavy (non-hydrogen) atoms. The van der Waals surface area contributed by atoms with Crippen molar-refractivity contribution < 1.29 is 27.2 Å². The zero-order chi connectivity index (χ0) is 19.9. The zero-order valence-corrected chi connectivity index (χ0v) is 16.3. The molecular weight excluding hydrogens is 368 g/mol. The third-order valence-electron chi connectivity index (χ3n) is 4.00. The van der Waals surface area contributed by atoms with Crippen LogP contribution in [0.2, 0.25) is 0 Å². The second-order valence-electron chi connectivity index (χ2n) is 6.20. The summed E-state index contributed by atoms with van der Waals surface area (Å²) in [6, 6.07) is 10.2. The van der Waals surface area contributed by atoms with E-state index in [2.05, 4.69) is 6.92 Å². The number of benzene rings is 2. The van der Waals surface area contributed by atoms with E-state index in [1.165, 1.54) is 30.7 Å². The van der Waals surface area contributed by atoms with Gasteiger partial charge in [0.25, 0.3) is 0 Å². The fourth-order valence-corrected chi connectivity index (χ4v) is 3.67. The number of carboxylic acids is 1. The molecule has 0 aliphatic heterocycles. The second kappa shape index (κ2) is 9.41. The molecule has 0 spiro atoms. The summed E-state index contributed by atoms with van der Waals surface area (Å²) in [4.78, 5) is 10.9. The molecule has 0 amide bonds. The number of hydrogen-bond donors (Lipinski definition) is 1. The number of carbonyl (C=O) groups is 1. The van der Waals surface area contributed by atoms with E-state index in [9.17, 15) is 13.2 Å². The van der Waals surface area contributed by atoms with E-state index in [1.54, 1.807) is 19.1 Å². The smallest absolute Gasteiger partial charge is 0.339 e. The van der Waals surface area contributed by atoms with Crippen molar-refractivity contribution in [3.8, 4) is 11.5 Å². The molecule has 2 aromatic rings. The molecule has 146 valence electrons. The highest BCUT2D eigenvalue weighted by atomic mass is 32.2. The Balaban J connectivity index is 2.05.